The van der Waals surface area contributed by atoms with Gasteiger partial charge in [0.25, 0.3) is 0 Å². The van der Waals surface area contributed by atoms with Crippen LogP contribution in [0.2, 0.25) is 0 Å². The minimum Gasteiger partial charge on any atom is -0.481 e. The van der Waals surface area contributed by atoms with Crippen LogP contribution in [0.3, 0.4) is 0 Å². The average Bonchev–Trinajstić information content (AvgIpc) is 3.21. The van der Waals surface area contributed by atoms with Crippen LogP contribution in [0.4, 0.5) is 10.5 Å². The summed E-state index contributed by atoms with van der Waals surface area (Å²) in [6.45, 7) is 21.0. The summed E-state index contributed by atoms with van der Waals surface area (Å²) < 4.78 is 17.4. The van der Waals surface area contributed by atoms with Gasteiger partial charge in [0.1, 0.15) is 18.5 Å². The van der Waals surface area contributed by atoms with Gasteiger partial charge >= 0.3 is 18.0 Å². The smallest absolute Gasteiger partial charge is 0.312 e. The van der Waals surface area contributed by atoms with E-state index in [1.165, 1.54) is 0 Å². The molecule has 11 N–H and O–H groups in total. The van der Waals surface area contributed by atoms with Crippen molar-refractivity contribution in [3.05, 3.63) is 23.8 Å². The van der Waals surface area contributed by atoms with E-state index in [9.17, 15) is 38.7 Å². The maximum absolute atomic E-state index is 13.0. The quantitative estimate of drug-likeness (QED) is 0.0527. The first-order valence-electron chi connectivity index (χ1n) is 22.4. The third kappa shape index (κ3) is 27.1. The van der Waals surface area contributed by atoms with Gasteiger partial charge in [-0.3, -0.25) is 28.8 Å². The molecule has 0 aliphatic carbocycles. The summed E-state index contributed by atoms with van der Waals surface area (Å²) >= 11 is 0. The number of carbonyl (C=O) groups excluding carboxylic acids is 6. The molecular weight excluding hydrogens is 847 g/mol. The first kappa shape index (κ1) is 60.0. The van der Waals surface area contributed by atoms with Crippen molar-refractivity contribution in [2.24, 2.45) is 28.9 Å². The van der Waals surface area contributed by atoms with Crippen LogP contribution in [0.1, 0.15) is 120 Å². The van der Waals surface area contributed by atoms with E-state index in [-0.39, 0.29) is 86.8 Å². The van der Waals surface area contributed by atoms with Gasteiger partial charge in [-0.05, 0) is 48.8 Å². The van der Waals surface area contributed by atoms with Gasteiger partial charge in [0.2, 0.25) is 29.9 Å². The van der Waals surface area contributed by atoms with Crippen LogP contribution < -0.4 is 42.4 Å². The number of ether oxygens (including phenoxy) is 3. The maximum atomic E-state index is 13.0. The molecule has 0 spiro atoms. The molecule has 20 nitrogen and oxygen atoms in total. The third-order valence-electron chi connectivity index (χ3n) is 9.42. The SMILES string of the molecule is CC(C)CCC(=O)O.CC(C)NC(C(=O)NCC(=O)Nc1ccc(COC(=O)C(C)C)cc1OC1CC(O)CC(C(=O)NCCNC(=O)C(C)(C)CCO)O1)C(C)C.CCCNC(N)=O. The Hall–Kier alpha value is -5.05. The number of primary amides is 1. The molecule has 6 amide bonds. The fourth-order valence-corrected chi connectivity index (χ4v) is 5.59. The molecule has 0 radical (unpaired) electrons. The number of nitrogens with two attached hydrogens (primary N) is 1. The number of esters is 1. The summed E-state index contributed by atoms with van der Waals surface area (Å²) in [7, 11) is 0. The van der Waals surface area contributed by atoms with E-state index in [0.29, 0.717) is 30.9 Å². The minimum atomic E-state index is -1.09. The Morgan fingerprint density at radius 2 is 1.55 bits per heavy atom. The molecule has 1 aliphatic rings. The number of carboxylic acid groups (broad SMARTS) is 1. The highest BCUT2D eigenvalue weighted by atomic mass is 16.7. The Morgan fingerprint density at radius 3 is 2.06 bits per heavy atom. The number of benzene rings is 1. The first-order valence-corrected chi connectivity index (χ1v) is 22.4. The molecule has 4 atom stereocenters. The molecule has 65 heavy (non-hydrogen) atoms. The molecule has 1 aromatic rings. The fraction of sp³-hybridized carbons (Fsp3) is 0.711. The zero-order valence-electron chi connectivity index (χ0n) is 40.3. The lowest BCUT2D eigenvalue weighted by molar-refractivity contribution is -0.184. The Labute approximate surface area is 384 Å². The van der Waals surface area contributed by atoms with Crippen LogP contribution in [-0.4, -0.2) is 120 Å². The molecule has 20 heteroatoms. The largest absolute Gasteiger partial charge is 0.481 e. The lowest BCUT2D eigenvalue weighted by Crippen LogP contribution is -2.51. The summed E-state index contributed by atoms with van der Waals surface area (Å²) in [6, 6.07) is 3.90. The van der Waals surface area contributed by atoms with Crippen LogP contribution in [-0.2, 0) is 44.8 Å². The van der Waals surface area contributed by atoms with Crippen molar-refractivity contribution in [1.29, 1.82) is 0 Å². The molecule has 1 aliphatic heterocycles. The second kappa shape index (κ2) is 31.8. The number of hydrogen-bond donors (Lipinski definition) is 10. The Balaban J connectivity index is 0.00000232. The van der Waals surface area contributed by atoms with Gasteiger partial charge < -0.3 is 67.2 Å². The van der Waals surface area contributed by atoms with Crippen LogP contribution >= 0.6 is 0 Å². The van der Waals surface area contributed by atoms with Gasteiger partial charge in [0.05, 0.1) is 30.3 Å². The molecule has 0 bridgehead atoms. The van der Waals surface area contributed by atoms with E-state index < -0.39 is 59.7 Å². The summed E-state index contributed by atoms with van der Waals surface area (Å²) in [5.74, 6) is -2.40. The minimum absolute atomic E-state index is 0.00906. The van der Waals surface area contributed by atoms with Crippen molar-refractivity contribution < 1.29 is 63.1 Å². The van der Waals surface area contributed by atoms with E-state index >= 15 is 0 Å². The third-order valence-corrected chi connectivity index (χ3v) is 9.42. The van der Waals surface area contributed by atoms with E-state index in [1.807, 2.05) is 48.5 Å². The number of aliphatic hydroxyl groups excluding tert-OH is 2. The number of rotatable bonds is 24. The van der Waals surface area contributed by atoms with Crippen molar-refractivity contribution in [3.63, 3.8) is 0 Å². The van der Waals surface area contributed by atoms with Crippen LogP contribution in [0.15, 0.2) is 18.2 Å². The molecule has 1 heterocycles. The lowest BCUT2D eigenvalue weighted by Gasteiger charge is -2.33. The molecule has 2 rings (SSSR count). The maximum Gasteiger partial charge on any atom is 0.312 e. The number of hydrogen-bond acceptors (Lipinski definition) is 13. The van der Waals surface area contributed by atoms with E-state index in [0.717, 1.165) is 12.8 Å². The molecule has 1 saturated heterocycles. The van der Waals surface area contributed by atoms with Gasteiger partial charge in [0, 0.05) is 57.0 Å². The second-order valence-electron chi connectivity index (χ2n) is 17.7. The fourth-order valence-electron chi connectivity index (χ4n) is 5.59. The highest BCUT2D eigenvalue weighted by molar-refractivity contribution is 5.96. The van der Waals surface area contributed by atoms with Crippen LogP contribution in [0.25, 0.3) is 0 Å². The van der Waals surface area contributed by atoms with Crippen LogP contribution in [0.5, 0.6) is 5.75 Å². The molecule has 1 fully saturated rings. The standard InChI is InChI=1S/C35H57N5O10.C6H12O2.C4H10N2O/c1-20(2)30(39-22(5)6)32(45)38-18-28(43)40-25-10-9-23(19-48-33(46)21(3)4)15-26(25)49-29-17-24(42)16-27(50-29)31(44)36-12-13-37-34(47)35(7,8)11-14-41;1-5(2)3-4-6(7)8;1-2-3-6-4(5)7/h9-10,15,20-22,24,27,29-30,39,41-42H,11-14,16-19H2,1-8H3,(H,36,44)(H,37,47)(H,38,45)(H,40,43);5H,3-4H2,1-2H3,(H,7,8);2-3H2,1H3,(H3,5,6,7). The van der Waals surface area contributed by atoms with Gasteiger partial charge in [-0.25, -0.2) is 4.79 Å². The Bertz CT molecular complexity index is 1640. The number of carbonyl (C=O) groups is 7. The Morgan fingerprint density at radius 1 is 0.908 bits per heavy atom. The highest BCUT2D eigenvalue weighted by Crippen LogP contribution is 2.31. The van der Waals surface area contributed by atoms with E-state index in [4.69, 9.17) is 30.2 Å². The summed E-state index contributed by atoms with van der Waals surface area (Å²) in [5.41, 5.74) is 4.75. The van der Waals surface area contributed by atoms with Gasteiger partial charge in [-0.1, -0.05) is 82.2 Å². The number of amides is 6. The predicted octanol–water partition coefficient (Wildman–Crippen LogP) is 2.92. The van der Waals surface area contributed by atoms with Crippen molar-refractivity contribution in [1.82, 2.24) is 26.6 Å². The number of urea groups is 1. The topological polar surface area (TPSA) is 306 Å². The number of aliphatic carboxylic acids is 1. The zero-order valence-corrected chi connectivity index (χ0v) is 40.3. The average molecular weight is 926 g/mol. The van der Waals surface area contributed by atoms with Crippen molar-refractivity contribution in [2.75, 3.05) is 38.1 Å². The zero-order chi connectivity index (χ0) is 49.9. The van der Waals surface area contributed by atoms with E-state index in [2.05, 4.69) is 31.9 Å². The molecule has 1 aromatic carbocycles. The summed E-state index contributed by atoms with van der Waals surface area (Å²) in [5, 5.41) is 44.4. The molecule has 0 aromatic heterocycles. The van der Waals surface area contributed by atoms with Gasteiger partial charge in [-0.2, -0.15) is 0 Å². The lowest BCUT2D eigenvalue weighted by atomic mass is 9.89. The molecular formula is C45H79N7O13. The van der Waals surface area contributed by atoms with Gasteiger partial charge in [0.15, 0.2) is 0 Å². The van der Waals surface area contributed by atoms with Crippen molar-refractivity contribution >= 4 is 47.3 Å². The number of nitrogens with one attached hydrogen (secondary N) is 6. The first-order chi connectivity index (χ1) is 30.3. The molecule has 0 saturated carbocycles. The second-order valence-corrected chi connectivity index (χ2v) is 17.7. The predicted molar refractivity (Wildman–Crippen MR) is 245 cm³/mol. The van der Waals surface area contributed by atoms with E-state index in [1.54, 1.807) is 45.9 Å². The summed E-state index contributed by atoms with van der Waals surface area (Å²) in [6.07, 6.45) is -0.749. The normalized spacial score (nSPS) is 16.2. The molecule has 372 valence electrons. The number of carboxylic acids is 1. The van der Waals surface area contributed by atoms with Gasteiger partial charge in [-0.15, -0.1) is 0 Å². The van der Waals surface area contributed by atoms with Crippen molar-refractivity contribution in [2.45, 2.75) is 152 Å². The summed E-state index contributed by atoms with van der Waals surface area (Å²) in [4.78, 5) is 82.9. The number of aliphatic hydroxyl groups is 2. The van der Waals surface area contributed by atoms with Crippen molar-refractivity contribution in [3.8, 4) is 5.75 Å². The Kier molecular flexibility index (Phi) is 29.3. The van der Waals surface area contributed by atoms with Crippen LogP contribution in [0, 0.1) is 23.2 Å². The monoisotopic (exact) mass is 926 g/mol. The number of anilines is 1. The highest BCUT2D eigenvalue weighted by Gasteiger charge is 2.35. The molecule has 4 unspecified atom stereocenters.